The second-order valence-corrected chi connectivity index (χ2v) is 25.5. The number of hydrogen-bond acceptors (Lipinski definition) is 25. The lowest BCUT2D eigenvalue weighted by molar-refractivity contribution is 0.284. The number of azo groups is 4. The van der Waals surface area contributed by atoms with E-state index in [4.69, 9.17) is 21.8 Å². The Morgan fingerprint density at radius 1 is 0.519 bits per heavy atom. The molecule has 0 amide bonds. The monoisotopic (exact) mass is 1200 g/mol. The summed E-state index contributed by atoms with van der Waals surface area (Å²) >= 11 is 0. The first-order chi connectivity index (χ1) is 36.8. The first-order valence-corrected chi connectivity index (χ1v) is 30.4. The third-order valence-corrected chi connectivity index (χ3v) is 17.2. The summed E-state index contributed by atoms with van der Waals surface area (Å²) in [5.74, 6) is -1.81. The molecule has 0 bridgehead atoms. The fourth-order valence-electron chi connectivity index (χ4n) is 6.72. The molecule has 7 aromatic carbocycles. The SMILES string of the molecule is C=CS(=O)(=O)c1ccc(N=Nc2c(S(=O)(=O)O)cc3cc(S(=O)(=O)O)c(N=Nc4ccc(S(=O)(=O)Nc5ccc(N=Nc6cc(N=Nc7ccc(S(=O)(=O)CCOS(=O)(=O)O)cc7)c(N)cc6N)cc5)cc4)c(O)c3c2N)cc1. The summed E-state index contributed by atoms with van der Waals surface area (Å²) in [6.07, 6.45) is 0. The van der Waals surface area contributed by atoms with E-state index in [2.05, 4.69) is 56.4 Å². The summed E-state index contributed by atoms with van der Waals surface area (Å²) in [5, 5.41) is 42.9. The largest absolute Gasteiger partial charge is 0.505 e. The van der Waals surface area contributed by atoms with Crippen molar-refractivity contribution in [3.05, 3.63) is 133 Å². The van der Waals surface area contributed by atoms with Crippen LogP contribution in [0.2, 0.25) is 0 Å². The van der Waals surface area contributed by atoms with Gasteiger partial charge < -0.3 is 22.3 Å². The number of anilines is 4. The van der Waals surface area contributed by atoms with Gasteiger partial charge in [-0.05, 0) is 127 Å². The summed E-state index contributed by atoms with van der Waals surface area (Å²) in [5.41, 5.74) is 16.9. The van der Waals surface area contributed by atoms with Crippen LogP contribution in [0.15, 0.2) is 199 Å². The van der Waals surface area contributed by atoms with Crippen molar-refractivity contribution >= 4 is 139 Å². The maximum absolute atomic E-state index is 13.4. The van der Waals surface area contributed by atoms with Crippen LogP contribution in [-0.2, 0) is 64.5 Å². The zero-order valence-electron chi connectivity index (χ0n) is 39.6. The van der Waals surface area contributed by atoms with Gasteiger partial charge in [0.15, 0.2) is 25.4 Å². The van der Waals surface area contributed by atoms with Gasteiger partial charge in [0.1, 0.15) is 32.5 Å². The minimum absolute atomic E-state index is 0.0307. The molecule has 0 aliphatic heterocycles. The highest BCUT2D eigenvalue weighted by molar-refractivity contribution is 7.94. The highest BCUT2D eigenvalue weighted by atomic mass is 32.3. The normalized spacial score (nSPS) is 13.1. The molecule has 0 aliphatic carbocycles. The Labute approximate surface area is 449 Å². The fraction of sp³-hybridized carbons (Fsp3) is 0.0455. The van der Waals surface area contributed by atoms with Crippen molar-refractivity contribution in [1.82, 2.24) is 0 Å². The Bertz CT molecular complexity index is 4420. The predicted octanol–water partition coefficient (Wildman–Crippen LogP) is 8.76. The van der Waals surface area contributed by atoms with Crippen molar-refractivity contribution in [2.75, 3.05) is 34.3 Å². The van der Waals surface area contributed by atoms with E-state index in [0.717, 1.165) is 36.4 Å². The van der Waals surface area contributed by atoms with Crippen LogP contribution >= 0.6 is 0 Å². The number of aromatic hydroxyl groups is 1. The minimum Gasteiger partial charge on any atom is -0.505 e. The topological polar surface area (TPSA) is 484 Å². The Morgan fingerprint density at radius 2 is 0.937 bits per heavy atom. The third-order valence-electron chi connectivity index (χ3n) is 10.6. The minimum atomic E-state index is -5.28. The molecule has 35 heteroatoms. The van der Waals surface area contributed by atoms with Crippen molar-refractivity contribution < 1.29 is 73.5 Å². The summed E-state index contributed by atoms with van der Waals surface area (Å²) in [7, 11) is -27.4. The van der Waals surface area contributed by atoms with Crippen LogP contribution in [0.5, 0.6) is 5.75 Å². The number of benzene rings is 7. The summed E-state index contributed by atoms with van der Waals surface area (Å²) in [6.45, 7) is 2.43. The van der Waals surface area contributed by atoms with Crippen molar-refractivity contribution in [2.24, 2.45) is 40.9 Å². The second-order valence-electron chi connectivity index (χ2n) is 15.9. The average molecular weight is 1200 g/mol. The molecular formula is C44H38N12O17S6. The molecule has 79 heavy (non-hydrogen) atoms. The molecule has 412 valence electrons. The maximum Gasteiger partial charge on any atom is 0.397 e. The Hall–Kier alpha value is -8.52. The number of phenolic OH excluding ortho intramolecular Hbond substituents is 1. The standard InChI is InChI=1S/C44H38N12O17S6/c1-2-74(58,59)31-13-7-28(8-14-31)50-54-42-38(77(64,65)66)21-25-22-39(78(67,68)69)43(44(57)40(25)41(42)47)55-51-29-11-17-33(18-12-29)76(62,63)56-30-5-3-26(4-6-30)48-52-36-24-37(35(46)23-34(36)45)53-49-27-9-15-32(16-10-27)75(60,61)20-19-73-79(70,71)72/h2-18,21-24,56-57H,1,19-20,45-47H2,(H,64,65,66)(H,67,68,69)(H,70,71,72). The van der Waals surface area contributed by atoms with Gasteiger partial charge in [0, 0.05) is 11.1 Å². The summed E-state index contributed by atoms with van der Waals surface area (Å²) in [6, 6.07) is 23.9. The van der Waals surface area contributed by atoms with Gasteiger partial charge in [-0.25, -0.2) is 29.4 Å². The molecule has 0 saturated carbocycles. The van der Waals surface area contributed by atoms with Crippen molar-refractivity contribution in [1.29, 1.82) is 0 Å². The Morgan fingerprint density at radius 3 is 1.39 bits per heavy atom. The van der Waals surface area contributed by atoms with Crippen LogP contribution in [0.1, 0.15) is 0 Å². The lowest BCUT2D eigenvalue weighted by Gasteiger charge is -2.14. The van der Waals surface area contributed by atoms with E-state index in [0.29, 0.717) is 17.5 Å². The first kappa shape index (κ1) is 58.2. The Balaban J connectivity index is 1.06. The third kappa shape index (κ3) is 14.2. The lowest BCUT2D eigenvalue weighted by Crippen LogP contribution is -2.15. The number of rotatable bonds is 20. The number of nitrogens with one attached hydrogen (secondary N) is 1. The maximum atomic E-state index is 13.4. The molecular weight excluding hydrogens is 1160 g/mol. The van der Waals surface area contributed by atoms with Gasteiger partial charge in [0.2, 0.25) is 0 Å². The van der Waals surface area contributed by atoms with Crippen molar-refractivity contribution in [3.8, 4) is 5.75 Å². The first-order valence-electron chi connectivity index (χ1n) is 21.4. The second kappa shape index (κ2) is 22.4. The zero-order chi connectivity index (χ0) is 57.9. The molecule has 0 aliphatic rings. The number of nitrogens with two attached hydrogens (primary N) is 3. The van der Waals surface area contributed by atoms with E-state index in [9.17, 15) is 64.7 Å². The van der Waals surface area contributed by atoms with Crippen molar-refractivity contribution in [2.45, 2.75) is 24.5 Å². The summed E-state index contributed by atoms with van der Waals surface area (Å²) < 4.78 is 183. The molecule has 7 rings (SSSR count). The molecule has 0 heterocycles. The van der Waals surface area contributed by atoms with Crippen LogP contribution < -0.4 is 21.9 Å². The van der Waals surface area contributed by atoms with Crippen LogP contribution in [0.4, 0.5) is 68.2 Å². The number of sulfone groups is 2. The van der Waals surface area contributed by atoms with E-state index in [1.807, 2.05) is 0 Å². The van der Waals surface area contributed by atoms with Crippen LogP contribution in [0.3, 0.4) is 0 Å². The lowest BCUT2D eigenvalue weighted by atomic mass is 10.1. The number of phenols is 1. The van der Waals surface area contributed by atoms with Crippen LogP contribution in [-0.4, -0.2) is 81.6 Å². The van der Waals surface area contributed by atoms with E-state index in [1.54, 1.807) is 0 Å². The number of hydrogen-bond donors (Lipinski definition) is 8. The van der Waals surface area contributed by atoms with Crippen molar-refractivity contribution in [3.63, 3.8) is 0 Å². The smallest absolute Gasteiger partial charge is 0.397 e. The van der Waals surface area contributed by atoms with Gasteiger partial charge in [0.05, 0.1) is 72.2 Å². The molecule has 0 fully saturated rings. The van der Waals surface area contributed by atoms with E-state index >= 15 is 0 Å². The van der Waals surface area contributed by atoms with Gasteiger partial charge >= 0.3 is 10.4 Å². The molecule has 0 atom stereocenters. The van der Waals surface area contributed by atoms with Gasteiger partial charge in [-0.1, -0.05) is 6.58 Å². The highest BCUT2D eigenvalue weighted by Crippen LogP contribution is 2.48. The fourth-order valence-corrected chi connectivity index (χ4v) is 11.3. The number of fused-ring (bicyclic) bond motifs is 1. The molecule has 29 nitrogen and oxygen atoms in total. The highest BCUT2D eigenvalue weighted by Gasteiger charge is 2.28. The van der Waals surface area contributed by atoms with Gasteiger partial charge in [-0.3, -0.25) is 18.4 Å². The summed E-state index contributed by atoms with van der Waals surface area (Å²) in [4.78, 5) is -2.73. The molecule has 0 radical (unpaired) electrons. The van der Waals surface area contributed by atoms with E-state index < -0.39 is 116 Å². The molecule has 11 N–H and O–H groups in total. The van der Waals surface area contributed by atoms with E-state index in [-0.39, 0.29) is 65.9 Å². The predicted molar refractivity (Wildman–Crippen MR) is 285 cm³/mol. The molecule has 7 aromatic rings. The molecule has 0 unspecified atom stereocenters. The quantitative estimate of drug-likeness (QED) is 0.0201. The number of sulfonamides is 1. The number of nitrogens with zero attached hydrogens (tertiary/aromatic N) is 8. The Kier molecular flexibility index (Phi) is 16.5. The molecule has 0 aromatic heterocycles. The van der Waals surface area contributed by atoms with E-state index in [1.165, 1.54) is 72.8 Å². The zero-order valence-corrected chi connectivity index (χ0v) is 44.5. The van der Waals surface area contributed by atoms with Gasteiger partial charge in [-0.15, -0.1) is 20.5 Å². The van der Waals surface area contributed by atoms with Crippen LogP contribution in [0.25, 0.3) is 10.8 Å². The number of nitrogen functional groups attached to an aromatic ring is 3. The molecule has 0 saturated heterocycles. The average Bonchev–Trinajstić information content (AvgIpc) is 3.52. The van der Waals surface area contributed by atoms with Gasteiger partial charge in [0.25, 0.3) is 30.3 Å². The molecule has 0 spiro atoms. The van der Waals surface area contributed by atoms with Crippen LogP contribution in [0, 0.1) is 0 Å². The van der Waals surface area contributed by atoms with Gasteiger partial charge in [-0.2, -0.15) is 45.7 Å².